The van der Waals surface area contributed by atoms with Crippen molar-refractivity contribution in [1.82, 2.24) is 10.6 Å². The third kappa shape index (κ3) is 3.97. The van der Waals surface area contributed by atoms with Crippen LogP contribution in [0.1, 0.15) is 25.3 Å². The van der Waals surface area contributed by atoms with Crippen LogP contribution in [-0.4, -0.2) is 38.5 Å². The van der Waals surface area contributed by atoms with Crippen molar-refractivity contribution in [2.75, 3.05) is 31.6 Å². The van der Waals surface area contributed by atoms with E-state index in [9.17, 15) is 4.79 Å². The lowest BCUT2D eigenvalue weighted by atomic mass is 10.2. The van der Waals surface area contributed by atoms with Gasteiger partial charge in [-0.2, -0.15) is 0 Å². The summed E-state index contributed by atoms with van der Waals surface area (Å²) in [5.41, 5.74) is 2.29. The minimum Gasteiger partial charge on any atom is -0.356 e. The molecule has 114 valence electrons. The lowest BCUT2D eigenvalue weighted by molar-refractivity contribution is -0.117. The number of nitrogens with one attached hydrogen (secondary N) is 2. The van der Waals surface area contributed by atoms with Gasteiger partial charge in [0.25, 0.3) is 0 Å². The predicted molar refractivity (Wildman–Crippen MR) is 86.8 cm³/mol. The van der Waals surface area contributed by atoms with E-state index in [1.54, 1.807) is 7.05 Å². The smallest absolute Gasteiger partial charge is 0.246 e. The predicted octanol–water partition coefficient (Wildman–Crippen LogP) is 1.54. The van der Waals surface area contributed by atoms with Gasteiger partial charge in [0.1, 0.15) is 0 Å². The Morgan fingerprint density at radius 1 is 1.33 bits per heavy atom. The van der Waals surface area contributed by atoms with Crippen LogP contribution < -0.4 is 15.5 Å². The Kier molecular flexibility index (Phi) is 5.60. The Bertz CT molecular complexity index is 513. The van der Waals surface area contributed by atoms with Crippen LogP contribution in [0.5, 0.6) is 0 Å². The highest BCUT2D eigenvalue weighted by Crippen LogP contribution is 2.27. The summed E-state index contributed by atoms with van der Waals surface area (Å²) in [6.07, 6.45) is 3.16. The Morgan fingerprint density at radius 2 is 2.14 bits per heavy atom. The second kappa shape index (κ2) is 7.67. The number of benzene rings is 1. The van der Waals surface area contributed by atoms with Crippen LogP contribution in [0, 0.1) is 0 Å². The average Bonchev–Trinajstić information content (AvgIpc) is 2.94. The molecule has 1 amide bonds. The van der Waals surface area contributed by atoms with Crippen LogP contribution in [0.15, 0.2) is 29.3 Å². The van der Waals surface area contributed by atoms with Crippen LogP contribution in [0.25, 0.3) is 0 Å². The largest absolute Gasteiger partial charge is 0.356 e. The number of carbonyl (C=O) groups is 1. The number of carbonyl (C=O) groups excluding carboxylic acids is 1. The van der Waals surface area contributed by atoms with Gasteiger partial charge in [-0.3, -0.25) is 9.79 Å². The molecule has 0 unspecified atom stereocenters. The third-order valence-corrected chi connectivity index (χ3v) is 3.64. The van der Waals surface area contributed by atoms with Crippen molar-refractivity contribution in [3.8, 4) is 0 Å². The molecule has 1 aromatic carbocycles. The molecule has 21 heavy (non-hydrogen) atoms. The van der Waals surface area contributed by atoms with Gasteiger partial charge in [0, 0.05) is 25.8 Å². The van der Waals surface area contributed by atoms with Gasteiger partial charge in [0.15, 0.2) is 5.96 Å². The molecule has 0 saturated carbocycles. The third-order valence-electron chi connectivity index (χ3n) is 3.64. The van der Waals surface area contributed by atoms with E-state index >= 15 is 0 Å². The number of amides is 1. The Morgan fingerprint density at radius 3 is 2.90 bits per heavy atom. The fraction of sp³-hybridized carbons (Fsp3) is 0.500. The molecule has 1 heterocycles. The van der Waals surface area contributed by atoms with Gasteiger partial charge in [-0.15, -0.1) is 0 Å². The van der Waals surface area contributed by atoms with Gasteiger partial charge in [-0.1, -0.05) is 31.5 Å². The highest BCUT2D eigenvalue weighted by Gasteiger charge is 2.23. The summed E-state index contributed by atoms with van der Waals surface area (Å²) in [7, 11) is 1.72. The lowest BCUT2D eigenvalue weighted by Crippen LogP contribution is -2.44. The van der Waals surface area contributed by atoms with Crippen molar-refractivity contribution in [2.24, 2.45) is 4.99 Å². The SMILES string of the molecule is CCCCNC(=NC)NCC(=O)N1CCc2ccccc21. The van der Waals surface area contributed by atoms with Crippen molar-refractivity contribution in [2.45, 2.75) is 26.2 Å². The quantitative estimate of drug-likeness (QED) is 0.491. The zero-order chi connectivity index (χ0) is 15.1. The molecule has 0 saturated heterocycles. The first-order chi connectivity index (χ1) is 10.3. The summed E-state index contributed by atoms with van der Waals surface area (Å²) in [4.78, 5) is 18.3. The van der Waals surface area contributed by atoms with Crippen LogP contribution in [0.2, 0.25) is 0 Å². The van der Waals surface area contributed by atoms with Gasteiger partial charge in [0.2, 0.25) is 5.91 Å². The molecular formula is C16H24N4O. The molecule has 5 heteroatoms. The second-order valence-electron chi connectivity index (χ2n) is 5.13. The number of unbranched alkanes of at least 4 members (excludes halogenated alkanes) is 1. The summed E-state index contributed by atoms with van der Waals surface area (Å²) in [5.74, 6) is 0.766. The highest BCUT2D eigenvalue weighted by molar-refractivity contribution is 5.98. The molecule has 1 aliphatic rings. The van der Waals surface area contributed by atoms with E-state index in [-0.39, 0.29) is 12.5 Å². The molecular weight excluding hydrogens is 264 g/mol. The number of fused-ring (bicyclic) bond motifs is 1. The summed E-state index contributed by atoms with van der Waals surface area (Å²) < 4.78 is 0. The molecule has 2 rings (SSSR count). The molecule has 1 aliphatic heterocycles. The number of anilines is 1. The second-order valence-corrected chi connectivity index (χ2v) is 5.13. The fourth-order valence-corrected chi connectivity index (χ4v) is 2.46. The van der Waals surface area contributed by atoms with Gasteiger partial charge >= 0.3 is 0 Å². The van der Waals surface area contributed by atoms with Gasteiger partial charge in [0.05, 0.1) is 6.54 Å². The molecule has 5 nitrogen and oxygen atoms in total. The first-order valence-electron chi connectivity index (χ1n) is 7.59. The van der Waals surface area contributed by atoms with Crippen LogP contribution >= 0.6 is 0 Å². The van der Waals surface area contributed by atoms with E-state index in [2.05, 4.69) is 28.6 Å². The van der Waals surface area contributed by atoms with E-state index in [1.165, 1.54) is 5.56 Å². The number of hydrogen-bond donors (Lipinski definition) is 2. The van der Waals surface area contributed by atoms with Crippen molar-refractivity contribution >= 4 is 17.6 Å². The molecule has 0 radical (unpaired) electrons. The average molecular weight is 288 g/mol. The Labute approximate surface area is 126 Å². The first kappa shape index (κ1) is 15.4. The zero-order valence-corrected chi connectivity index (χ0v) is 12.9. The molecule has 0 aliphatic carbocycles. The summed E-state index contributed by atoms with van der Waals surface area (Å²) in [6.45, 7) is 4.05. The maximum atomic E-state index is 12.3. The highest BCUT2D eigenvalue weighted by atomic mass is 16.2. The van der Waals surface area contributed by atoms with E-state index < -0.39 is 0 Å². The van der Waals surface area contributed by atoms with E-state index in [1.807, 2.05) is 23.1 Å². The standard InChI is InChI=1S/C16H24N4O/c1-3-4-10-18-16(17-2)19-12-15(21)20-11-9-13-7-5-6-8-14(13)20/h5-8H,3-4,9-12H2,1-2H3,(H2,17,18,19). The number of hydrogen-bond acceptors (Lipinski definition) is 2. The van der Waals surface area contributed by atoms with E-state index in [0.717, 1.165) is 38.0 Å². The van der Waals surface area contributed by atoms with Crippen LogP contribution in [-0.2, 0) is 11.2 Å². The molecule has 2 N–H and O–H groups in total. The molecule has 0 spiro atoms. The lowest BCUT2D eigenvalue weighted by Gasteiger charge is -2.18. The normalized spacial score (nSPS) is 14.0. The minimum absolute atomic E-state index is 0.0818. The maximum Gasteiger partial charge on any atom is 0.246 e. The van der Waals surface area contributed by atoms with E-state index in [4.69, 9.17) is 0 Å². The number of para-hydroxylation sites is 1. The fourth-order valence-electron chi connectivity index (χ4n) is 2.46. The van der Waals surface area contributed by atoms with Gasteiger partial charge in [-0.05, 0) is 24.5 Å². The zero-order valence-electron chi connectivity index (χ0n) is 12.9. The summed E-state index contributed by atoms with van der Waals surface area (Å²) in [5, 5.41) is 6.29. The summed E-state index contributed by atoms with van der Waals surface area (Å²) in [6, 6.07) is 8.09. The Balaban J connectivity index is 1.85. The first-order valence-corrected chi connectivity index (χ1v) is 7.59. The van der Waals surface area contributed by atoms with Gasteiger partial charge < -0.3 is 15.5 Å². The number of aliphatic imine (C=N–C) groups is 1. The van der Waals surface area contributed by atoms with Crippen molar-refractivity contribution in [1.29, 1.82) is 0 Å². The van der Waals surface area contributed by atoms with Crippen LogP contribution in [0.4, 0.5) is 5.69 Å². The Hall–Kier alpha value is -2.04. The van der Waals surface area contributed by atoms with E-state index in [0.29, 0.717) is 5.96 Å². The molecule has 1 aromatic rings. The minimum atomic E-state index is 0.0818. The number of rotatable bonds is 5. The maximum absolute atomic E-state index is 12.3. The van der Waals surface area contributed by atoms with Gasteiger partial charge in [-0.25, -0.2) is 0 Å². The monoisotopic (exact) mass is 288 g/mol. The number of guanidine groups is 1. The van der Waals surface area contributed by atoms with Crippen LogP contribution in [0.3, 0.4) is 0 Å². The molecule has 0 aromatic heterocycles. The topological polar surface area (TPSA) is 56.7 Å². The molecule has 0 atom stereocenters. The molecule has 0 bridgehead atoms. The van der Waals surface area contributed by atoms with Crippen molar-refractivity contribution in [3.05, 3.63) is 29.8 Å². The van der Waals surface area contributed by atoms with Crippen molar-refractivity contribution < 1.29 is 4.79 Å². The molecule has 0 fully saturated rings. The van der Waals surface area contributed by atoms with Crippen molar-refractivity contribution in [3.63, 3.8) is 0 Å². The summed E-state index contributed by atoms with van der Waals surface area (Å²) >= 11 is 0. The number of nitrogens with zero attached hydrogens (tertiary/aromatic N) is 2.